The average molecular weight is 978 g/mol. The standard InChI is InChI=1S/C52H64N6O6S2.2Na/c1-51(2)44-22-5-7-24-46(44)57(33-13-15-36-65(59,60)61)48(51)28-26-40-18-17-19-41(50(40)55-32-35-56(38-42-20-9-11-30-53-42)39-43-21-10-12-31-54-43)27-29-49-52(3,4)45-23-6-8-25-47(45)58(49)34-14-16-37-66(62,63)64;;/h5-12,20-31H,13-19,32-39H2,1-4H3,(H2,59,60,61,62,63,64);;/q;2*+1/p-1. The Hall–Kier alpha value is -3.25. The molecule has 2 aromatic heterocycles. The summed E-state index contributed by atoms with van der Waals surface area (Å²) in [6, 6.07) is 28.7. The summed E-state index contributed by atoms with van der Waals surface area (Å²) in [6.45, 7) is 12.8. The van der Waals surface area contributed by atoms with Gasteiger partial charge < -0.3 is 19.3 Å². The molecule has 16 heteroatoms. The molecule has 0 fully saturated rings. The van der Waals surface area contributed by atoms with Gasteiger partial charge in [0.15, 0.2) is 5.71 Å². The van der Waals surface area contributed by atoms with Gasteiger partial charge in [0.05, 0.1) is 37.0 Å². The Kier molecular flexibility index (Phi) is 20.2. The minimum Gasteiger partial charge on any atom is -0.748 e. The first-order valence-corrected chi connectivity index (χ1v) is 26.2. The SMILES string of the molecule is CC1(C)C(=CC=C2CCCC(C=CC3=[N+](CCCCS(=O)(=O)[O-])c4ccccc4C3(C)C)=C2NCCN(Cc2ccccn2)Cc2ccccn2)N(CCCCS(=O)(=O)[O-])c2ccccc21.[Na+].[Na+]. The molecule has 0 spiro atoms. The van der Waals surface area contributed by atoms with Crippen molar-refractivity contribution in [3.63, 3.8) is 0 Å². The van der Waals surface area contributed by atoms with E-state index in [2.05, 4.69) is 118 Å². The predicted molar refractivity (Wildman–Crippen MR) is 260 cm³/mol. The van der Waals surface area contributed by atoms with Crippen LogP contribution in [0.5, 0.6) is 0 Å². The minimum absolute atomic E-state index is 0. The Bertz CT molecular complexity index is 2700. The molecule has 0 saturated carbocycles. The predicted octanol–water partition coefficient (Wildman–Crippen LogP) is 2.41. The number of allylic oxidation sites excluding steroid dienone is 7. The summed E-state index contributed by atoms with van der Waals surface area (Å²) in [5.41, 5.74) is 11.6. The Labute approximate surface area is 448 Å². The van der Waals surface area contributed by atoms with Crippen molar-refractivity contribution in [1.82, 2.24) is 20.2 Å². The third kappa shape index (κ3) is 14.4. The van der Waals surface area contributed by atoms with Gasteiger partial charge in [0.1, 0.15) is 6.54 Å². The van der Waals surface area contributed by atoms with E-state index in [1.165, 1.54) is 22.3 Å². The Morgan fingerprint density at radius 3 is 1.96 bits per heavy atom. The molecule has 68 heavy (non-hydrogen) atoms. The number of unbranched alkanes of at least 4 members (excludes halogenated alkanes) is 2. The third-order valence-electron chi connectivity index (χ3n) is 13.0. The topological polar surface area (TPSA) is 162 Å². The molecule has 2 aliphatic heterocycles. The van der Waals surface area contributed by atoms with E-state index in [0.29, 0.717) is 58.4 Å². The molecule has 350 valence electrons. The summed E-state index contributed by atoms with van der Waals surface area (Å²) in [4.78, 5) is 13.9. The van der Waals surface area contributed by atoms with Crippen molar-refractivity contribution in [3.8, 4) is 0 Å². The number of para-hydroxylation sites is 2. The van der Waals surface area contributed by atoms with E-state index in [1.54, 1.807) is 0 Å². The quantitative estimate of drug-likeness (QED) is 0.0566. The van der Waals surface area contributed by atoms with Crippen LogP contribution in [0.15, 0.2) is 144 Å². The molecule has 0 unspecified atom stereocenters. The summed E-state index contributed by atoms with van der Waals surface area (Å²) in [5.74, 6) is -0.754. The van der Waals surface area contributed by atoms with Gasteiger partial charge in [-0.1, -0.05) is 74.5 Å². The fourth-order valence-corrected chi connectivity index (χ4v) is 10.8. The van der Waals surface area contributed by atoms with Crippen LogP contribution in [0.1, 0.15) is 95.2 Å². The number of nitrogens with one attached hydrogen (secondary N) is 1. The number of aromatic nitrogens is 2. The number of fused-ring (bicyclic) bond motifs is 2. The number of hydrogen-bond acceptors (Lipinski definition) is 11. The van der Waals surface area contributed by atoms with Crippen molar-refractivity contribution < 1.29 is 89.6 Å². The van der Waals surface area contributed by atoms with Crippen LogP contribution in [-0.2, 0) is 44.2 Å². The molecule has 3 aliphatic rings. The maximum atomic E-state index is 11.5. The van der Waals surface area contributed by atoms with Gasteiger partial charge in [-0.2, -0.15) is 4.58 Å². The van der Waals surface area contributed by atoms with E-state index >= 15 is 0 Å². The van der Waals surface area contributed by atoms with Crippen LogP contribution in [0.4, 0.5) is 11.4 Å². The molecule has 0 bridgehead atoms. The smallest absolute Gasteiger partial charge is 0.748 e. The second kappa shape index (κ2) is 24.7. The molecule has 0 amide bonds. The fourth-order valence-electron chi connectivity index (χ4n) is 9.70. The van der Waals surface area contributed by atoms with Crippen LogP contribution in [0.2, 0.25) is 0 Å². The van der Waals surface area contributed by atoms with Gasteiger partial charge >= 0.3 is 59.1 Å². The molecule has 0 radical (unpaired) electrons. The molecule has 1 N–H and O–H groups in total. The summed E-state index contributed by atoms with van der Waals surface area (Å²) < 4.78 is 71.1. The Morgan fingerprint density at radius 1 is 0.721 bits per heavy atom. The van der Waals surface area contributed by atoms with E-state index in [9.17, 15) is 25.9 Å². The Morgan fingerprint density at radius 2 is 1.32 bits per heavy atom. The normalized spacial score (nSPS) is 17.7. The number of rotatable bonds is 21. The first kappa shape index (κ1) is 55.7. The van der Waals surface area contributed by atoms with Crippen LogP contribution in [0.25, 0.3) is 0 Å². The van der Waals surface area contributed by atoms with Crippen LogP contribution in [0, 0.1) is 0 Å². The molecule has 4 aromatic rings. The van der Waals surface area contributed by atoms with Crippen molar-refractivity contribution in [1.29, 1.82) is 0 Å². The van der Waals surface area contributed by atoms with Gasteiger partial charge in [-0.15, -0.1) is 0 Å². The Balaban J connectivity index is 0.00000432. The van der Waals surface area contributed by atoms with Crippen molar-refractivity contribution in [2.24, 2.45) is 0 Å². The number of nitrogens with zero attached hydrogens (tertiary/aromatic N) is 5. The van der Waals surface area contributed by atoms with Crippen molar-refractivity contribution in [2.45, 2.75) is 96.6 Å². The zero-order valence-electron chi connectivity index (χ0n) is 40.7. The van der Waals surface area contributed by atoms with E-state index in [0.717, 1.165) is 65.7 Å². The molecular weight excluding hydrogens is 915 g/mol. The summed E-state index contributed by atoms with van der Waals surface area (Å²) in [7, 11) is -8.59. The van der Waals surface area contributed by atoms with Gasteiger partial charge in [-0.3, -0.25) is 14.9 Å². The molecular formula is C52H63N6Na2O6S2+. The first-order chi connectivity index (χ1) is 31.5. The van der Waals surface area contributed by atoms with Crippen molar-refractivity contribution >= 4 is 37.3 Å². The largest absolute Gasteiger partial charge is 1.00 e. The van der Waals surface area contributed by atoms with E-state index in [-0.39, 0.29) is 81.5 Å². The van der Waals surface area contributed by atoms with E-state index in [1.807, 2.05) is 60.9 Å². The fraction of sp³-hybridized carbons (Fsp3) is 0.404. The summed E-state index contributed by atoms with van der Waals surface area (Å²) >= 11 is 0. The summed E-state index contributed by atoms with van der Waals surface area (Å²) in [5, 5.41) is 3.92. The molecule has 1 aliphatic carbocycles. The van der Waals surface area contributed by atoms with Crippen LogP contribution < -0.4 is 69.3 Å². The molecule has 4 heterocycles. The van der Waals surface area contributed by atoms with Gasteiger partial charge in [-0.25, -0.2) is 16.8 Å². The zero-order chi connectivity index (χ0) is 47.0. The number of hydrogen-bond donors (Lipinski definition) is 1. The van der Waals surface area contributed by atoms with E-state index in [4.69, 9.17) is 0 Å². The van der Waals surface area contributed by atoms with Crippen molar-refractivity contribution in [2.75, 3.05) is 42.6 Å². The number of anilines is 1. The third-order valence-corrected chi connectivity index (χ3v) is 14.6. The molecule has 7 rings (SSSR count). The van der Waals surface area contributed by atoms with Gasteiger partial charge in [0, 0.05) is 103 Å². The second-order valence-corrected chi connectivity index (χ2v) is 21.6. The minimum atomic E-state index is -4.30. The van der Waals surface area contributed by atoms with Crippen LogP contribution in [0.3, 0.4) is 0 Å². The van der Waals surface area contributed by atoms with Crippen LogP contribution >= 0.6 is 0 Å². The van der Waals surface area contributed by atoms with Gasteiger partial charge in [0.2, 0.25) is 5.69 Å². The zero-order valence-corrected chi connectivity index (χ0v) is 46.3. The maximum Gasteiger partial charge on any atom is 1.00 e. The molecule has 0 saturated heterocycles. The van der Waals surface area contributed by atoms with E-state index < -0.39 is 20.2 Å². The average Bonchev–Trinajstić information content (AvgIpc) is 3.63. The van der Waals surface area contributed by atoms with Crippen LogP contribution in [-0.4, -0.2) is 88.8 Å². The van der Waals surface area contributed by atoms with Gasteiger partial charge in [-0.05, 0) is 105 Å². The maximum absolute atomic E-state index is 11.5. The monoisotopic (exact) mass is 977 g/mol. The first-order valence-electron chi connectivity index (χ1n) is 23.1. The summed E-state index contributed by atoms with van der Waals surface area (Å²) in [6.07, 6.45) is 17.0. The molecule has 12 nitrogen and oxygen atoms in total. The molecule has 2 aromatic carbocycles. The second-order valence-electron chi connectivity index (χ2n) is 18.5. The molecule has 0 atom stereocenters. The van der Waals surface area contributed by atoms with Crippen molar-refractivity contribution in [3.05, 3.63) is 167 Å². The number of benzene rings is 2. The number of pyridine rings is 2. The van der Waals surface area contributed by atoms with Gasteiger partial charge in [0.25, 0.3) is 0 Å².